The van der Waals surface area contributed by atoms with E-state index in [2.05, 4.69) is 11.9 Å². The van der Waals surface area contributed by atoms with Gasteiger partial charge < -0.3 is 5.32 Å². The van der Waals surface area contributed by atoms with Crippen molar-refractivity contribution in [2.24, 2.45) is 0 Å². The van der Waals surface area contributed by atoms with Gasteiger partial charge in [-0.2, -0.15) is 13.2 Å². The first-order valence-corrected chi connectivity index (χ1v) is 6.37. The highest BCUT2D eigenvalue weighted by atomic mass is 35.5. The van der Waals surface area contributed by atoms with Crippen molar-refractivity contribution in [3.8, 4) is 0 Å². The van der Waals surface area contributed by atoms with E-state index in [1.807, 2.05) is 4.90 Å². The predicted molar refractivity (Wildman–Crippen MR) is 76.0 cm³/mol. The Morgan fingerprint density at radius 1 is 1.19 bits per heavy atom. The molecule has 1 aromatic carbocycles. The molecular weight excluding hydrogens is 308 g/mol. The zero-order valence-electron chi connectivity index (χ0n) is 11.3. The van der Waals surface area contributed by atoms with Gasteiger partial charge in [0, 0.05) is 26.2 Å². The maximum absolute atomic E-state index is 13.5. The van der Waals surface area contributed by atoms with E-state index < -0.39 is 23.6 Å². The van der Waals surface area contributed by atoms with E-state index in [0.29, 0.717) is 19.2 Å². The second-order valence-electron chi connectivity index (χ2n) is 4.74. The second kappa shape index (κ2) is 7.24. The number of nitrogens with zero attached hydrogens (tertiary/aromatic N) is 1. The number of hydrogen-bond donors (Lipinski definition) is 1. The fourth-order valence-corrected chi connectivity index (χ4v) is 2.40. The molecule has 1 aliphatic rings. The zero-order chi connectivity index (χ0) is 14.8. The summed E-state index contributed by atoms with van der Waals surface area (Å²) in [7, 11) is 0. The van der Waals surface area contributed by atoms with E-state index >= 15 is 0 Å². The van der Waals surface area contributed by atoms with Crippen LogP contribution < -0.4 is 5.32 Å². The van der Waals surface area contributed by atoms with Crippen LogP contribution in [-0.2, 0) is 6.18 Å². The third kappa shape index (κ3) is 4.43. The van der Waals surface area contributed by atoms with Gasteiger partial charge in [0.05, 0.1) is 11.6 Å². The molecule has 2 rings (SSSR count). The molecule has 0 unspecified atom stereocenters. The van der Waals surface area contributed by atoms with Crippen LogP contribution in [0.15, 0.2) is 30.9 Å². The highest BCUT2D eigenvalue weighted by Gasteiger charge is 2.32. The molecule has 0 aromatic heterocycles. The predicted octanol–water partition coefficient (Wildman–Crippen LogP) is 3.40. The number of alkyl halides is 3. The number of rotatable bonds is 3. The van der Waals surface area contributed by atoms with Crippen molar-refractivity contribution in [3.63, 3.8) is 0 Å². The van der Waals surface area contributed by atoms with Crippen LogP contribution in [0.5, 0.6) is 0 Å². The van der Waals surface area contributed by atoms with Crippen molar-refractivity contribution in [2.75, 3.05) is 26.2 Å². The summed E-state index contributed by atoms with van der Waals surface area (Å²) in [5.74, 6) is -0.878. The minimum atomic E-state index is -4.55. The average molecular weight is 325 g/mol. The summed E-state index contributed by atoms with van der Waals surface area (Å²) in [4.78, 5) is 1.98. The van der Waals surface area contributed by atoms with Crippen LogP contribution in [0.2, 0.25) is 0 Å². The normalized spacial score (nSPS) is 17.9. The van der Waals surface area contributed by atoms with Gasteiger partial charge in [-0.05, 0) is 23.8 Å². The molecular formula is C14H17ClF4N2. The summed E-state index contributed by atoms with van der Waals surface area (Å²) in [5, 5.41) is 3.16. The molecule has 1 atom stereocenters. The number of halogens is 5. The quantitative estimate of drug-likeness (QED) is 0.677. The molecule has 1 aromatic rings. The van der Waals surface area contributed by atoms with Gasteiger partial charge in [0.2, 0.25) is 0 Å². The Bertz CT molecular complexity index is 484. The average Bonchev–Trinajstić information content (AvgIpc) is 2.39. The van der Waals surface area contributed by atoms with Crippen molar-refractivity contribution in [2.45, 2.75) is 12.2 Å². The molecule has 21 heavy (non-hydrogen) atoms. The Morgan fingerprint density at radius 2 is 1.81 bits per heavy atom. The molecule has 1 heterocycles. The lowest BCUT2D eigenvalue weighted by atomic mass is 10.0. The highest BCUT2D eigenvalue weighted by molar-refractivity contribution is 5.85. The molecule has 1 aliphatic heterocycles. The largest absolute Gasteiger partial charge is 0.416 e. The Balaban J connectivity index is 0.00000220. The first-order chi connectivity index (χ1) is 9.41. The molecule has 1 saturated heterocycles. The van der Waals surface area contributed by atoms with Gasteiger partial charge in [0.15, 0.2) is 0 Å². The maximum atomic E-state index is 13.5. The van der Waals surface area contributed by atoms with Crippen LogP contribution >= 0.6 is 12.4 Å². The minimum absolute atomic E-state index is 0. The molecule has 0 saturated carbocycles. The molecule has 1 fully saturated rings. The molecule has 7 heteroatoms. The Morgan fingerprint density at radius 3 is 2.33 bits per heavy atom. The Labute approximate surface area is 127 Å². The van der Waals surface area contributed by atoms with Gasteiger partial charge in [-0.3, -0.25) is 4.90 Å². The minimum Gasteiger partial charge on any atom is -0.314 e. The summed E-state index contributed by atoms with van der Waals surface area (Å²) in [6.45, 7) is 6.56. The smallest absolute Gasteiger partial charge is 0.314 e. The molecule has 2 nitrogen and oxygen atoms in total. The molecule has 0 spiro atoms. The van der Waals surface area contributed by atoms with Crippen LogP contribution in [0.1, 0.15) is 17.2 Å². The van der Waals surface area contributed by atoms with Crippen molar-refractivity contribution < 1.29 is 17.6 Å². The molecule has 0 radical (unpaired) electrons. The molecule has 118 valence electrons. The highest BCUT2D eigenvalue weighted by Crippen LogP contribution is 2.33. The standard InChI is InChI=1S/C14H16F4N2.ClH/c1-2-13(20-5-3-19-4-6-20)10-7-11(14(16,17)18)9-12(15)8-10;/h2,7-9,13,19H,1,3-6H2;1H/t13-;/m0./s1. The van der Waals surface area contributed by atoms with Crippen molar-refractivity contribution in [1.82, 2.24) is 10.2 Å². The SMILES string of the molecule is C=C[C@@H](c1cc(F)cc(C(F)(F)F)c1)N1CCNCC1.Cl. The Hall–Kier alpha value is -1.11. The number of hydrogen-bond acceptors (Lipinski definition) is 2. The van der Waals surface area contributed by atoms with Gasteiger partial charge in [-0.15, -0.1) is 19.0 Å². The van der Waals surface area contributed by atoms with Crippen LogP contribution in [-0.4, -0.2) is 31.1 Å². The first-order valence-electron chi connectivity index (χ1n) is 6.37. The van der Waals surface area contributed by atoms with Gasteiger partial charge in [-0.25, -0.2) is 4.39 Å². The molecule has 0 bridgehead atoms. The zero-order valence-corrected chi connectivity index (χ0v) is 12.1. The summed E-state index contributed by atoms with van der Waals surface area (Å²) in [6, 6.07) is 2.25. The van der Waals surface area contributed by atoms with Gasteiger partial charge in [0.25, 0.3) is 0 Å². The third-order valence-corrected chi connectivity index (χ3v) is 3.36. The number of piperazine rings is 1. The van der Waals surface area contributed by atoms with Crippen LogP contribution in [0.4, 0.5) is 17.6 Å². The number of benzene rings is 1. The maximum Gasteiger partial charge on any atom is 0.416 e. The first kappa shape index (κ1) is 17.9. The fourth-order valence-electron chi connectivity index (χ4n) is 2.40. The van der Waals surface area contributed by atoms with E-state index in [-0.39, 0.29) is 18.0 Å². The lowest BCUT2D eigenvalue weighted by molar-refractivity contribution is -0.137. The van der Waals surface area contributed by atoms with E-state index in [1.165, 1.54) is 0 Å². The van der Waals surface area contributed by atoms with Crippen LogP contribution in [0.3, 0.4) is 0 Å². The summed E-state index contributed by atoms with van der Waals surface area (Å²) in [6.07, 6.45) is -2.99. The second-order valence-corrected chi connectivity index (χ2v) is 4.74. The number of nitrogens with one attached hydrogen (secondary N) is 1. The summed E-state index contributed by atoms with van der Waals surface area (Å²) in [5.41, 5.74) is -0.677. The van der Waals surface area contributed by atoms with E-state index in [4.69, 9.17) is 0 Å². The summed E-state index contributed by atoms with van der Waals surface area (Å²) >= 11 is 0. The monoisotopic (exact) mass is 324 g/mol. The van der Waals surface area contributed by atoms with Crippen molar-refractivity contribution in [3.05, 3.63) is 47.8 Å². The van der Waals surface area contributed by atoms with Gasteiger partial charge >= 0.3 is 6.18 Å². The van der Waals surface area contributed by atoms with Gasteiger partial charge in [-0.1, -0.05) is 6.08 Å². The lowest BCUT2D eigenvalue weighted by Crippen LogP contribution is -2.44. The lowest BCUT2D eigenvalue weighted by Gasteiger charge is -2.33. The van der Waals surface area contributed by atoms with E-state index in [1.54, 1.807) is 6.08 Å². The van der Waals surface area contributed by atoms with E-state index in [9.17, 15) is 17.6 Å². The molecule has 0 amide bonds. The fraction of sp³-hybridized carbons (Fsp3) is 0.429. The summed E-state index contributed by atoms with van der Waals surface area (Å²) < 4.78 is 51.7. The Kier molecular flexibility index (Phi) is 6.19. The van der Waals surface area contributed by atoms with Crippen LogP contribution in [0, 0.1) is 5.82 Å². The molecule has 0 aliphatic carbocycles. The van der Waals surface area contributed by atoms with E-state index in [0.717, 1.165) is 25.2 Å². The van der Waals surface area contributed by atoms with Gasteiger partial charge in [0.1, 0.15) is 5.82 Å². The van der Waals surface area contributed by atoms with Crippen LogP contribution in [0.25, 0.3) is 0 Å². The van der Waals surface area contributed by atoms with Crippen molar-refractivity contribution in [1.29, 1.82) is 0 Å². The topological polar surface area (TPSA) is 15.3 Å². The van der Waals surface area contributed by atoms with Crippen molar-refractivity contribution >= 4 is 12.4 Å². The third-order valence-electron chi connectivity index (χ3n) is 3.36. The molecule has 1 N–H and O–H groups in total.